The van der Waals surface area contributed by atoms with E-state index in [0.29, 0.717) is 24.4 Å². The van der Waals surface area contributed by atoms with Gasteiger partial charge in [-0.3, -0.25) is 0 Å². The minimum absolute atomic E-state index is 0.317. The zero-order chi connectivity index (χ0) is 12.0. The molecule has 0 radical (unpaired) electrons. The fourth-order valence-corrected chi connectivity index (χ4v) is 1.43. The molecule has 1 aromatic carbocycles. The fourth-order valence-electron chi connectivity index (χ4n) is 1.43. The van der Waals surface area contributed by atoms with Crippen molar-refractivity contribution in [3.63, 3.8) is 0 Å². The van der Waals surface area contributed by atoms with Gasteiger partial charge < -0.3 is 15.2 Å². The molecule has 0 heterocycles. The first kappa shape index (κ1) is 12.5. The summed E-state index contributed by atoms with van der Waals surface area (Å²) in [5, 5.41) is 12.1. The summed E-state index contributed by atoms with van der Waals surface area (Å²) in [7, 11) is 1.65. The summed E-state index contributed by atoms with van der Waals surface area (Å²) in [6, 6.07) is 5.36. The number of anilines is 1. The van der Waals surface area contributed by atoms with Crippen LogP contribution in [0.1, 0.15) is 22.3 Å². The Bertz CT molecular complexity index is 363. The van der Waals surface area contributed by atoms with E-state index in [9.17, 15) is 4.79 Å². The predicted octanol–water partition coefficient (Wildman–Crippen LogP) is 2.14. The summed E-state index contributed by atoms with van der Waals surface area (Å²) < 4.78 is 4.92. The summed E-state index contributed by atoms with van der Waals surface area (Å²) >= 11 is 0. The van der Waals surface area contributed by atoms with Gasteiger partial charge in [-0.1, -0.05) is 11.6 Å². The van der Waals surface area contributed by atoms with Gasteiger partial charge in [0.2, 0.25) is 0 Å². The molecule has 0 spiro atoms. The second-order valence-corrected chi connectivity index (χ2v) is 3.63. The molecule has 0 atom stereocenters. The molecule has 0 amide bonds. The van der Waals surface area contributed by atoms with E-state index >= 15 is 0 Å². The van der Waals surface area contributed by atoms with E-state index < -0.39 is 5.97 Å². The number of aryl methyl sites for hydroxylation is 1. The second kappa shape index (κ2) is 6.12. The molecule has 0 aliphatic heterocycles. The van der Waals surface area contributed by atoms with Crippen molar-refractivity contribution in [1.82, 2.24) is 0 Å². The van der Waals surface area contributed by atoms with Crippen LogP contribution in [0.3, 0.4) is 0 Å². The molecule has 0 aliphatic carbocycles. The molecule has 2 N–H and O–H groups in total. The molecule has 4 nitrogen and oxygen atoms in total. The first-order valence-corrected chi connectivity index (χ1v) is 5.22. The average Bonchev–Trinajstić information content (AvgIpc) is 2.26. The first-order chi connectivity index (χ1) is 7.65. The molecule has 0 saturated carbocycles. The van der Waals surface area contributed by atoms with Gasteiger partial charge in [-0.25, -0.2) is 4.79 Å². The van der Waals surface area contributed by atoms with Gasteiger partial charge in [0.15, 0.2) is 0 Å². The third-order valence-electron chi connectivity index (χ3n) is 2.25. The normalized spacial score (nSPS) is 10.1. The Balaban J connectivity index is 2.67. The molecule has 1 rings (SSSR count). The molecule has 16 heavy (non-hydrogen) atoms. The Morgan fingerprint density at radius 1 is 1.50 bits per heavy atom. The van der Waals surface area contributed by atoms with Gasteiger partial charge in [0, 0.05) is 25.9 Å². The van der Waals surface area contributed by atoms with Crippen LogP contribution < -0.4 is 5.32 Å². The number of benzene rings is 1. The first-order valence-electron chi connectivity index (χ1n) is 5.22. The molecule has 0 fully saturated rings. The van der Waals surface area contributed by atoms with Crippen molar-refractivity contribution < 1.29 is 14.6 Å². The lowest BCUT2D eigenvalue weighted by Crippen LogP contribution is -2.09. The van der Waals surface area contributed by atoms with Crippen molar-refractivity contribution in [2.75, 3.05) is 25.6 Å². The van der Waals surface area contributed by atoms with E-state index in [-0.39, 0.29) is 0 Å². The number of methoxy groups -OCH3 is 1. The van der Waals surface area contributed by atoms with Gasteiger partial charge in [0.1, 0.15) is 0 Å². The zero-order valence-electron chi connectivity index (χ0n) is 9.62. The number of aromatic carboxylic acids is 1. The maximum atomic E-state index is 11.0. The van der Waals surface area contributed by atoms with Gasteiger partial charge in [0.25, 0.3) is 0 Å². The Kier molecular flexibility index (Phi) is 4.79. The minimum atomic E-state index is -0.905. The van der Waals surface area contributed by atoms with Gasteiger partial charge in [-0.2, -0.15) is 0 Å². The lowest BCUT2D eigenvalue weighted by molar-refractivity contribution is 0.0698. The average molecular weight is 223 g/mol. The lowest BCUT2D eigenvalue weighted by atomic mass is 10.1. The van der Waals surface area contributed by atoms with E-state index in [4.69, 9.17) is 9.84 Å². The lowest BCUT2D eigenvalue weighted by Gasteiger charge is -2.09. The minimum Gasteiger partial charge on any atom is -0.478 e. The zero-order valence-corrected chi connectivity index (χ0v) is 9.62. The number of carboxylic acid groups (broad SMARTS) is 1. The van der Waals surface area contributed by atoms with Crippen LogP contribution in [0.15, 0.2) is 18.2 Å². The van der Waals surface area contributed by atoms with Crippen molar-refractivity contribution in [2.24, 2.45) is 0 Å². The van der Waals surface area contributed by atoms with Crippen LogP contribution in [0.2, 0.25) is 0 Å². The Hall–Kier alpha value is -1.55. The van der Waals surface area contributed by atoms with Crippen LogP contribution in [-0.4, -0.2) is 31.3 Å². The van der Waals surface area contributed by atoms with Gasteiger partial charge in [-0.15, -0.1) is 0 Å². The highest BCUT2D eigenvalue weighted by Crippen LogP contribution is 2.17. The quantitative estimate of drug-likeness (QED) is 0.725. The summed E-state index contributed by atoms with van der Waals surface area (Å²) in [5.41, 5.74) is 1.92. The number of ether oxygens (including phenoxy) is 1. The molecular formula is C12H17NO3. The number of carboxylic acids is 1. The van der Waals surface area contributed by atoms with Crippen molar-refractivity contribution >= 4 is 11.7 Å². The van der Waals surface area contributed by atoms with Crippen molar-refractivity contribution in [3.05, 3.63) is 29.3 Å². The van der Waals surface area contributed by atoms with Gasteiger partial charge in [0.05, 0.1) is 5.56 Å². The predicted molar refractivity (Wildman–Crippen MR) is 63.1 cm³/mol. The van der Waals surface area contributed by atoms with Crippen LogP contribution in [0.4, 0.5) is 5.69 Å². The monoisotopic (exact) mass is 223 g/mol. The Labute approximate surface area is 95.2 Å². The fraction of sp³-hybridized carbons (Fsp3) is 0.417. The Morgan fingerprint density at radius 3 is 2.88 bits per heavy atom. The third-order valence-corrected chi connectivity index (χ3v) is 2.25. The van der Waals surface area contributed by atoms with Crippen LogP contribution in [0, 0.1) is 6.92 Å². The topological polar surface area (TPSA) is 58.6 Å². The number of carbonyl (C=O) groups is 1. The Morgan fingerprint density at radius 2 is 2.25 bits per heavy atom. The number of nitrogens with one attached hydrogen (secondary N) is 1. The van der Waals surface area contributed by atoms with Crippen LogP contribution >= 0.6 is 0 Å². The molecular weight excluding hydrogens is 206 g/mol. The SMILES string of the molecule is COCCCNc1ccc(C)cc1C(=O)O. The van der Waals surface area contributed by atoms with Crippen LogP contribution in [0.5, 0.6) is 0 Å². The maximum Gasteiger partial charge on any atom is 0.337 e. The summed E-state index contributed by atoms with van der Waals surface area (Å²) in [5.74, 6) is -0.905. The third kappa shape index (κ3) is 3.55. The highest BCUT2D eigenvalue weighted by atomic mass is 16.5. The summed E-state index contributed by atoms with van der Waals surface area (Å²) in [6.45, 7) is 3.25. The molecule has 4 heteroatoms. The van der Waals surface area contributed by atoms with Crippen molar-refractivity contribution in [2.45, 2.75) is 13.3 Å². The molecule has 88 valence electrons. The van der Waals surface area contributed by atoms with Gasteiger partial charge in [-0.05, 0) is 25.5 Å². The van der Waals surface area contributed by atoms with E-state index in [2.05, 4.69) is 5.32 Å². The number of hydrogen-bond acceptors (Lipinski definition) is 3. The number of hydrogen-bond donors (Lipinski definition) is 2. The van der Waals surface area contributed by atoms with Crippen molar-refractivity contribution in [1.29, 1.82) is 0 Å². The van der Waals surface area contributed by atoms with E-state index in [1.165, 1.54) is 0 Å². The second-order valence-electron chi connectivity index (χ2n) is 3.63. The molecule has 0 saturated heterocycles. The summed E-state index contributed by atoms with van der Waals surface area (Å²) in [4.78, 5) is 11.0. The number of rotatable bonds is 6. The van der Waals surface area contributed by atoms with E-state index in [1.807, 2.05) is 13.0 Å². The van der Waals surface area contributed by atoms with Gasteiger partial charge >= 0.3 is 5.97 Å². The van der Waals surface area contributed by atoms with E-state index in [1.54, 1.807) is 19.2 Å². The smallest absolute Gasteiger partial charge is 0.337 e. The van der Waals surface area contributed by atoms with Crippen LogP contribution in [-0.2, 0) is 4.74 Å². The van der Waals surface area contributed by atoms with Crippen molar-refractivity contribution in [3.8, 4) is 0 Å². The molecule has 0 aromatic heterocycles. The molecule has 0 aliphatic rings. The molecule has 0 unspecified atom stereocenters. The van der Waals surface area contributed by atoms with E-state index in [0.717, 1.165) is 12.0 Å². The summed E-state index contributed by atoms with van der Waals surface area (Å²) in [6.07, 6.45) is 0.851. The highest BCUT2D eigenvalue weighted by molar-refractivity contribution is 5.94. The highest BCUT2D eigenvalue weighted by Gasteiger charge is 2.09. The standard InChI is InChI=1S/C12H17NO3/c1-9-4-5-11(10(8-9)12(14)15)13-6-3-7-16-2/h4-5,8,13H,3,6-7H2,1-2H3,(H,14,15). The van der Waals surface area contributed by atoms with Crippen LogP contribution in [0.25, 0.3) is 0 Å². The largest absolute Gasteiger partial charge is 0.478 e. The molecule has 1 aromatic rings. The maximum absolute atomic E-state index is 11.0. The molecule has 0 bridgehead atoms.